The number of aliphatic hydroxyl groups is 1. The highest BCUT2D eigenvalue weighted by Crippen LogP contribution is 2.69. The molecule has 3 saturated heterocycles. The molecule has 7 atom stereocenters. The zero-order valence-electron chi connectivity index (χ0n) is 20.9. The number of hydrogen-bond donors (Lipinski definition) is 1. The summed E-state index contributed by atoms with van der Waals surface area (Å²) >= 11 is 1.63. The lowest BCUT2D eigenvalue weighted by Gasteiger charge is -2.42. The standard InChI is InChI=1S/C26H40N2O5S/c1-7-10-11-13-33-25(32)20-19-14-17(6)26(34-19)21(20)23(30)28(18(9-3)15-29)22(26)24(31)27(12-8-2)16(4)5/h7-8,16-22,29H,1-2,9-15H2,3-6H3/t17?,18-,19-,20+,21-,22?,26?/m0/s1. The van der Waals surface area contributed by atoms with Crippen molar-refractivity contribution in [3.05, 3.63) is 25.3 Å². The third-order valence-corrected chi connectivity index (χ3v) is 9.87. The second-order valence-corrected chi connectivity index (χ2v) is 11.6. The van der Waals surface area contributed by atoms with Gasteiger partial charge in [0.25, 0.3) is 0 Å². The van der Waals surface area contributed by atoms with Crippen molar-refractivity contribution >= 4 is 29.5 Å². The molecule has 2 amide bonds. The van der Waals surface area contributed by atoms with E-state index in [-0.39, 0.29) is 41.6 Å². The van der Waals surface area contributed by atoms with Gasteiger partial charge in [0.2, 0.25) is 11.8 Å². The number of thioether (sulfide) groups is 1. The van der Waals surface area contributed by atoms with E-state index in [1.807, 2.05) is 20.8 Å². The number of likely N-dealkylation sites (tertiary alicyclic amines) is 1. The van der Waals surface area contributed by atoms with Crippen LogP contribution in [0.4, 0.5) is 0 Å². The van der Waals surface area contributed by atoms with Crippen molar-refractivity contribution in [1.29, 1.82) is 0 Å². The van der Waals surface area contributed by atoms with Crippen LogP contribution in [0.15, 0.2) is 25.3 Å². The van der Waals surface area contributed by atoms with E-state index in [2.05, 4.69) is 20.1 Å². The molecule has 190 valence electrons. The number of aliphatic hydroxyl groups excluding tert-OH is 1. The van der Waals surface area contributed by atoms with Gasteiger partial charge in [0.15, 0.2) is 0 Å². The fourth-order valence-electron chi connectivity index (χ4n) is 6.16. The minimum absolute atomic E-state index is 0.0468. The van der Waals surface area contributed by atoms with Crippen molar-refractivity contribution in [2.45, 2.75) is 81.5 Å². The predicted octanol–water partition coefficient (Wildman–Crippen LogP) is 3.03. The van der Waals surface area contributed by atoms with Gasteiger partial charge in [0.1, 0.15) is 6.04 Å². The van der Waals surface area contributed by atoms with E-state index in [9.17, 15) is 19.5 Å². The minimum Gasteiger partial charge on any atom is -0.465 e. The molecule has 0 aliphatic carbocycles. The second-order valence-electron chi connectivity index (χ2n) is 10.0. The van der Waals surface area contributed by atoms with Crippen LogP contribution < -0.4 is 0 Å². The summed E-state index contributed by atoms with van der Waals surface area (Å²) in [5.41, 5.74) is 0. The molecule has 0 aromatic rings. The first kappa shape index (κ1) is 26.8. The lowest BCUT2D eigenvalue weighted by molar-refractivity contribution is -0.155. The van der Waals surface area contributed by atoms with Crippen molar-refractivity contribution in [3.8, 4) is 0 Å². The number of amides is 2. The summed E-state index contributed by atoms with van der Waals surface area (Å²) in [6.07, 6.45) is 6.22. The van der Waals surface area contributed by atoms with E-state index in [0.717, 1.165) is 12.8 Å². The van der Waals surface area contributed by atoms with E-state index in [1.54, 1.807) is 33.7 Å². The van der Waals surface area contributed by atoms with Gasteiger partial charge in [-0.25, -0.2) is 0 Å². The van der Waals surface area contributed by atoms with Crippen LogP contribution in [0.1, 0.15) is 53.4 Å². The minimum atomic E-state index is -0.729. The molecule has 3 rings (SSSR count). The molecule has 1 spiro atoms. The van der Waals surface area contributed by atoms with Gasteiger partial charge in [-0.05, 0) is 45.4 Å². The average molecular weight is 493 g/mol. The number of ether oxygens (including phenoxy) is 1. The number of carbonyl (C=O) groups is 3. The molecule has 0 saturated carbocycles. The third kappa shape index (κ3) is 4.21. The van der Waals surface area contributed by atoms with Crippen LogP contribution in [-0.4, -0.2) is 80.6 Å². The maximum Gasteiger partial charge on any atom is 0.310 e. The van der Waals surface area contributed by atoms with Crippen molar-refractivity contribution in [2.24, 2.45) is 17.8 Å². The summed E-state index contributed by atoms with van der Waals surface area (Å²) in [6, 6.07) is -1.28. The van der Waals surface area contributed by atoms with E-state index in [1.165, 1.54) is 0 Å². The fourth-order valence-corrected chi connectivity index (χ4v) is 8.55. The first-order chi connectivity index (χ1) is 16.2. The Labute approximate surface area is 208 Å². The van der Waals surface area contributed by atoms with Crippen LogP contribution in [0.2, 0.25) is 0 Å². The average Bonchev–Trinajstić information content (AvgIpc) is 3.39. The number of rotatable bonds is 12. The highest BCUT2D eigenvalue weighted by atomic mass is 32.2. The summed E-state index contributed by atoms with van der Waals surface area (Å²) < 4.78 is 4.90. The van der Waals surface area contributed by atoms with Crippen molar-refractivity contribution < 1.29 is 24.2 Å². The van der Waals surface area contributed by atoms with E-state index in [0.29, 0.717) is 26.0 Å². The largest absolute Gasteiger partial charge is 0.465 e. The SMILES string of the molecule is C=CCCCOC(=O)[C@@H]1[C@@H]2CC(C)C3(S2)C(C(=O)N(CC=C)C(C)C)N([C@@H](CC)CO)C(=O)[C@H]13. The van der Waals surface area contributed by atoms with Gasteiger partial charge in [-0.3, -0.25) is 14.4 Å². The van der Waals surface area contributed by atoms with Gasteiger partial charge in [-0.2, -0.15) is 0 Å². The van der Waals surface area contributed by atoms with Gasteiger partial charge in [-0.15, -0.1) is 24.9 Å². The molecule has 2 bridgehead atoms. The Hall–Kier alpha value is -1.80. The van der Waals surface area contributed by atoms with Gasteiger partial charge in [0, 0.05) is 17.8 Å². The molecular weight excluding hydrogens is 452 g/mol. The molecule has 0 radical (unpaired) electrons. The number of nitrogens with zero attached hydrogens (tertiary/aromatic N) is 2. The van der Waals surface area contributed by atoms with Crippen molar-refractivity contribution in [1.82, 2.24) is 9.80 Å². The second kappa shape index (κ2) is 10.9. The normalized spacial score (nSPS) is 32.6. The number of allylic oxidation sites excluding steroid dienone is 1. The molecule has 34 heavy (non-hydrogen) atoms. The smallest absolute Gasteiger partial charge is 0.310 e. The summed E-state index contributed by atoms with van der Waals surface area (Å²) in [5, 5.41) is 10.1. The van der Waals surface area contributed by atoms with Gasteiger partial charge < -0.3 is 19.6 Å². The van der Waals surface area contributed by atoms with Gasteiger partial charge in [0.05, 0.1) is 35.8 Å². The maximum atomic E-state index is 14.1. The Morgan fingerprint density at radius 2 is 2.06 bits per heavy atom. The lowest BCUT2D eigenvalue weighted by atomic mass is 9.66. The van der Waals surface area contributed by atoms with Crippen molar-refractivity contribution in [2.75, 3.05) is 19.8 Å². The van der Waals surface area contributed by atoms with Gasteiger partial charge in [-0.1, -0.05) is 26.0 Å². The molecule has 7 nitrogen and oxygen atoms in total. The molecular formula is C26H40N2O5S. The van der Waals surface area contributed by atoms with Crippen LogP contribution in [0.5, 0.6) is 0 Å². The monoisotopic (exact) mass is 492 g/mol. The number of fused-ring (bicyclic) bond motifs is 1. The summed E-state index contributed by atoms with van der Waals surface area (Å²) in [4.78, 5) is 44.8. The Balaban J connectivity index is 2.04. The van der Waals surface area contributed by atoms with E-state index >= 15 is 0 Å². The maximum absolute atomic E-state index is 14.1. The van der Waals surface area contributed by atoms with Crippen LogP contribution in [-0.2, 0) is 19.1 Å². The Morgan fingerprint density at radius 1 is 1.35 bits per heavy atom. The quantitative estimate of drug-likeness (QED) is 0.256. The zero-order chi connectivity index (χ0) is 25.2. The van der Waals surface area contributed by atoms with Crippen LogP contribution in [0.3, 0.4) is 0 Å². The summed E-state index contributed by atoms with van der Waals surface area (Å²) in [7, 11) is 0. The van der Waals surface area contributed by atoms with Crippen LogP contribution in [0.25, 0.3) is 0 Å². The molecule has 3 aliphatic heterocycles. The number of hydrogen-bond acceptors (Lipinski definition) is 6. The topological polar surface area (TPSA) is 87.2 Å². The fraction of sp³-hybridized carbons (Fsp3) is 0.731. The Bertz CT molecular complexity index is 813. The summed E-state index contributed by atoms with van der Waals surface area (Å²) in [6.45, 7) is 15.9. The first-order valence-corrected chi connectivity index (χ1v) is 13.4. The molecule has 3 unspecified atom stereocenters. The molecule has 0 aromatic carbocycles. The van der Waals surface area contributed by atoms with Crippen LogP contribution in [0, 0.1) is 17.8 Å². The predicted molar refractivity (Wildman–Crippen MR) is 134 cm³/mol. The lowest BCUT2D eigenvalue weighted by Crippen LogP contribution is -2.60. The third-order valence-electron chi connectivity index (χ3n) is 7.79. The van der Waals surface area contributed by atoms with Gasteiger partial charge >= 0.3 is 5.97 Å². The molecule has 1 N–H and O–H groups in total. The van der Waals surface area contributed by atoms with E-state index < -0.39 is 28.7 Å². The number of carbonyl (C=O) groups excluding carboxylic acids is 3. The summed E-state index contributed by atoms with van der Waals surface area (Å²) in [5.74, 6) is -1.78. The number of esters is 1. The highest BCUT2D eigenvalue weighted by molar-refractivity contribution is 8.02. The molecule has 0 aromatic heterocycles. The molecule has 3 aliphatic rings. The molecule has 3 heterocycles. The highest BCUT2D eigenvalue weighted by Gasteiger charge is 2.77. The van der Waals surface area contributed by atoms with E-state index in [4.69, 9.17) is 4.74 Å². The zero-order valence-corrected chi connectivity index (χ0v) is 21.8. The Kier molecular flexibility index (Phi) is 8.56. The molecule has 3 fully saturated rings. The molecule has 8 heteroatoms. The van der Waals surface area contributed by atoms with Crippen LogP contribution >= 0.6 is 11.8 Å². The Morgan fingerprint density at radius 3 is 2.62 bits per heavy atom. The first-order valence-electron chi connectivity index (χ1n) is 12.5. The number of unbranched alkanes of at least 4 members (excludes halogenated alkanes) is 1. The van der Waals surface area contributed by atoms with Crippen molar-refractivity contribution in [3.63, 3.8) is 0 Å².